The lowest BCUT2D eigenvalue weighted by molar-refractivity contribution is -0.235. The number of ether oxygens (including phenoxy) is 1. The average Bonchev–Trinajstić information content (AvgIpc) is 3.74. The summed E-state index contributed by atoms with van der Waals surface area (Å²) in [5, 5.41) is 0. The smallest absolute Gasteiger partial charge is 0.139 e. The van der Waals surface area contributed by atoms with Crippen LogP contribution in [0.15, 0.2) is 103 Å². The zero-order valence-electron chi connectivity index (χ0n) is 36.1. The van der Waals surface area contributed by atoms with Crippen LogP contribution in [0.4, 0.5) is 17.1 Å². The average molecular weight is 764 g/mol. The SMILES string of the molecule is CC1(C)CCC(C)(C)c2cc(N(c3ccc(-c4cccc5c4Oc4ccccc4C54C5CC6CC7CC4C75C6)cc3)c3ccc4c(c3)C(C)(C)CCC4(C)C)ccc21. The van der Waals surface area contributed by atoms with Gasteiger partial charge < -0.3 is 9.64 Å². The summed E-state index contributed by atoms with van der Waals surface area (Å²) in [5.74, 6) is 5.57. The summed E-state index contributed by atoms with van der Waals surface area (Å²) in [6.45, 7) is 19.5. The molecule has 58 heavy (non-hydrogen) atoms. The van der Waals surface area contributed by atoms with Crippen molar-refractivity contribution in [3.05, 3.63) is 137 Å². The van der Waals surface area contributed by atoms with Crippen LogP contribution in [0.1, 0.15) is 140 Å². The van der Waals surface area contributed by atoms with Crippen molar-refractivity contribution in [2.75, 3.05) is 4.90 Å². The van der Waals surface area contributed by atoms with E-state index in [9.17, 15) is 0 Å². The van der Waals surface area contributed by atoms with E-state index in [0.29, 0.717) is 5.41 Å². The van der Waals surface area contributed by atoms with Crippen molar-refractivity contribution in [3.8, 4) is 22.6 Å². The minimum Gasteiger partial charge on any atom is -0.456 e. The van der Waals surface area contributed by atoms with Crippen LogP contribution in [0.25, 0.3) is 11.1 Å². The molecule has 2 bridgehead atoms. The van der Waals surface area contributed by atoms with Crippen molar-refractivity contribution >= 4 is 17.1 Å². The highest BCUT2D eigenvalue weighted by atomic mass is 16.5. The van der Waals surface area contributed by atoms with E-state index >= 15 is 0 Å². The van der Waals surface area contributed by atoms with Gasteiger partial charge in [0.2, 0.25) is 0 Å². The van der Waals surface area contributed by atoms with E-state index in [1.165, 1.54) is 113 Å². The second-order valence-electron chi connectivity index (χ2n) is 22.7. The summed E-state index contributed by atoms with van der Waals surface area (Å²) in [7, 11) is 0. The Kier molecular flexibility index (Phi) is 6.93. The zero-order chi connectivity index (χ0) is 39.8. The number of anilines is 3. The van der Waals surface area contributed by atoms with Crippen molar-refractivity contribution in [1.82, 2.24) is 0 Å². The number of hydrogen-bond acceptors (Lipinski definition) is 2. The molecule has 6 aliphatic carbocycles. The molecule has 0 amide bonds. The predicted octanol–water partition coefficient (Wildman–Crippen LogP) is 15.0. The van der Waals surface area contributed by atoms with Gasteiger partial charge in [-0.15, -0.1) is 0 Å². The molecule has 6 atom stereocenters. The maximum absolute atomic E-state index is 7.07. The normalized spacial score (nSPS) is 31.4. The van der Waals surface area contributed by atoms with E-state index in [0.717, 1.165) is 35.2 Å². The van der Waals surface area contributed by atoms with Gasteiger partial charge >= 0.3 is 0 Å². The van der Waals surface area contributed by atoms with Gasteiger partial charge in [-0.3, -0.25) is 0 Å². The maximum Gasteiger partial charge on any atom is 0.139 e. The van der Waals surface area contributed by atoms with Crippen LogP contribution in [-0.4, -0.2) is 0 Å². The van der Waals surface area contributed by atoms with Crippen LogP contribution in [0.2, 0.25) is 0 Å². The van der Waals surface area contributed by atoms with Gasteiger partial charge in [0, 0.05) is 39.2 Å². The standard InChI is InChI=1S/C56H61NO/c1-51(2)24-26-53(5,6)45-31-38(20-22-41(45)51)57(39-21-23-42-46(32-39)54(7,8)27-25-52(42,3)4)37-18-16-35(17-19-37)40-12-11-14-44-50(40)58-47-15-10-9-13-43(47)56(44)48-29-34-28-36-30-49(56)55(36,48)33-34/h9-23,31-32,34,36,48-49H,24-30,33H2,1-8H3. The van der Waals surface area contributed by atoms with Gasteiger partial charge in [-0.1, -0.05) is 116 Å². The Morgan fingerprint density at radius 1 is 0.500 bits per heavy atom. The Morgan fingerprint density at radius 2 is 1.05 bits per heavy atom. The lowest BCUT2D eigenvalue weighted by Gasteiger charge is -2.77. The second kappa shape index (κ2) is 11.3. The molecule has 4 saturated carbocycles. The number of nitrogens with zero attached hydrogens (tertiary/aromatic N) is 1. The molecular weight excluding hydrogens is 703 g/mol. The maximum atomic E-state index is 7.07. The predicted molar refractivity (Wildman–Crippen MR) is 239 cm³/mol. The molecule has 6 unspecified atom stereocenters. The van der Waals surface area contributed by atoms with E-state index < -0.39 is 0 Å². The van der Waals surface area contributed by atoms with Gasteiger partial charge in [0.05, 0.1) is 0 Å². The molecule has 296 valence electrons. The summed E-state index contributed by atoms with van der Waals surface area (Å²) in [6, 6.07) is 40.4. The molecule has 1 aliphatic heterocycles. The van der Waals surface area contributed by atoms with Crippen molar-refractivity contribution in [2.45, 2.75) is 134 Å². The highest BCUT2D eigenvalue weighted by molar-refractivity contribution is 5.82. The first-order valence-electron chi connectivity index (χ1n) is 22.8. The van der Waals surface area contributed by atoms with E-state index in [2.05, 4.69) is 163 Å². The fourth-order valence-corrected chi connectivity index (χ4v) is 15.0. The van der Waals surface area contributed by atoms with Gasteiger partial charge in [0.25, 0.3) is 0 Å². The summed E-state index contributed by atoms with van der Waals surface area (Å²) in [6.07, 6.45) is 10.6. The molecule has 1 heterocycles. The first-order chi connectivity index (χ1) is 27.6. The minimum absolute atomic E-state index is 0.0895. The number of hydrogen-bond donors (Lipinski definition) is 0. The van der Waals surface area contributed by atoms with Crippen LogP contribution < -0.4 is 9.64 Å². The van der Waals surface area contributed by atoms with Crippen LogP contribution in [0, 0.1) is 29.1 Å². The molecule has 5 aromatic rings. The van der Waals surface area contributed by atoms with Crippen molar-refractivity contribution in [1.29, 1.82) is 0 Å². The topological polar surface area (TPSA) is 12.5 Å². The van der Waals surface area contributed by atoms with E-state index in [1.54, 1.807) is 0 Å². The molecule has 12 rings (SSSR count). The Labute approximate surface area is 347 Å². The lowest BCUT2D eigenvalue weighted by atomic mass is 9.26. The summed E-state index contributed by atoms with van der Waals surface area (Å²) < 4.78 is 7.07. The zero-order valence-corrected chi connectivity index (χ0v) is 36.1. The first kappa shape index (κ1) is 35.6. The summed E-state index contributed by atoms with van der Waals surface area (Å²) in [5.41, 5.74) is 16.3. The quantitative estimate of drug-likeness (QED) is 0.181. The molecule has 0 radical (unpaired) electrons. The van der Waals surface area contributed by atoms with Gasteiger partial charge in [-0.05, 0) is 172 Å². The molecule has 0 saturated heterocycles. The molecule has 4 fully saturated rings. The molecule has 0 aromatic heterocycles. The van der Waals surface area contributed by atoms with E-state index in [-0.39, 0.29) is 27.1 Å². The minimum atomic E-state index is 0.0895. The van der Waals surface area contributed by atoms with Crippen LogP contribution in [0.5, 0.6) is 11.5 Å². The molecule has 5 aromatic carbocycles. The molecule has 0 N–H and O–H groups in total. The van der Waals surface area contributed by atoms with Crippen LogP contribution >= 0.6 is 0 Å². The van der Waals surface area contributed by atoms with Gasteiger partial charge in [0.15, 0.2) is 0 Å². The largest absolute Gasteiger partial charge is 0.456 e. The van der Waals surface area contributed by atoms with E-state index in [1.807, 2.05) is 0 Å². The number of para-hydroxylation sites is 2. The van der Waals surface area contributed by atoms with E-state index in [4.69, 9.17) is 4.74 Å². The monoisotopic (exact) mass is 763 g/mol. The first-order valence-corrected chi connectivity index (χ1v) is 22.8. The van der Waals surface area contributed by atoms with Crippen molar-refractivity contribution in [3.63, 3.8) is 0 Å². The highest BCUT2D eigenvalue weighted by Crippen LogP contribution is 2.89. The van der Waals surface area contributed by atoms with Crippen molar-refractivity contribution < 1.29 is 4.74 Å². The molecule has 2 heteroatoms. The van der Waals surface area contributed by atoms with Crippen LogP contribution in [-0.2, 0) is 27.1 Å². The van der Waals surface area contributed by atoms with Crippen LogP contribution in [0.3, 0.4) is 0 Å². The summed E-state index contributed by atoms with van der Waals surface area (Å²) in [4.78, 5) is 2.54. The fraction of sp³-hybridized carbons (Fsp3) is 0.464. The molecule has 2 spiro atoms. The number of rotatable bonds is 4. The Bertz CT molecular complexity index is 2470. The van der Waals surface area contributed by atoms with Gasteiger partial charge in [-0.2, -0.15) is 0 Å². The lowest BCUT2D eigenvalue weighted by Crippen LogP contribution is -2.74. The third-order valence-corrected chi connectivity index (χ3v) is 18.1. The number of fused-ring (bicyclic) bond motifs is 9. The fourth-order valence-electron chi connectivity index (χ4n) is 15.0. The van der Waals surface area contributed by atoms with Crippen molar-refractivity contribution in [2.24, 2.45) is 29.1 Å². The third-order valence-electron chi connectivity index (χ3n) is 18.1. The molecular formula is C56H61NO. The summed E-state index contributed by atoms with van der Waals surface area (Å²) >= 11 is 0. The molecule has 2 nitrogen and oxygen atoms in total. The Hall–Kier alpha value is -4.30. The van der Waals surface area contributed by atoms with Gasteiger partial charge in [0.1, 0.15) is 11.5 Å². The highest BCUT2D eigenvalue weighted by Gasteiger charge is 2.84. The second-order valence-corrected chi connectivity index (χ2v) is 22.7. The molecule has 7 aliphatic rings. The number of benzene rings is 5. The van der Waals surface area contributed by atoms with Gasteiger partial charge in [-0.25, -0.2) is 0 Å². The Balaban J connectivity index is 0.988. The Morgan fingerprint density at radius 3 is 1.67 bits per heavy atom. The third kappa shape index (κ3) is 4.40.